The van der Waals surface area contributed by atoms with E-state index in [1.807, 2.05) is 34.1 Å². The first kappa shape index (κ1) is 19.7. The monoisotopic (exact) mass is 372 g/mol. The SMILES string of the molecule is COc1ccc([C@@H]2CN(C(=O)CC(C)(C)C)C[C@H]2C(=O)N2CCCC2)cc1. The van der Waals surface area contributed by atoms with Crippen LogP contribution < -0.4 is 4.74 Å². The zero-order valence-corrected chi connectivity index (χ0v) is 17.0. The molecule has 0 N–H and O–H groups in total. The lowest BCUT2D eigenvalue weighted by molar-refractivity contribution is -0.135. The minimum absolute atomic E-state index is 0.0490. The van der Waals surface area contributed by atoms with E-state index in [1.165, 1.54) is 0 Å². The molecule has 0 bridgehead atoms. The number of hydrogen-bond donors (Lipinski definition) is 0. The minimum Gasteiger partial charge on any atom is -0.497 e. The lowest BCUT2D eigenvalue weighted by Gasteiger charge is -2.24. The van der Waals surface area contributed by atoms with Gasteiger partial charge in [0.2, 0.25) is 11.8 Å². The van der Waals surface area contributed by atoms with E-state index < -0.39 is 0 Å². The van der Waals surface area contributed by atoms with Gasteiger partial charge in [0.1, 0.15) is 5.75 Å². The molecule has 2 aliphatic heterocycles. The van der Waals surface area contributed by atoms with Crippen molar-refractivity contribution >= 4 is 11.8 Å². The first-order valence-corrected chi connectivity index (χ1v) is 9.99. The van der Waals surface area contributed by atoms with Crippen LogP contribution in [0, 0.1) is 11.3 Å². The summed E-state index contributed by atoms with van der Waals surface area (Å²) >= 11 is 0. The van der Waals surface area contributed by atoms with Gasteiger partial charge in [0.25, 0.3) is 0 Å². The van der Waals surface area contributed by atoms with Gasteiger partial charge in [-0.25, -0.2) is 0 Å². The highest BCUT2D eigenvalue weighted by molar-refractivity contribution is 5.84. The van der Waals surface area contributed by atoms with Crippen molar-refractivity contribution in [2.24, 2.45) is 11.3 Å². The molecular weight excluding hydrogens is 340 g/mol. The minimum atomic E-state index is -0.152. The molecule has 148 valence electrons. The molecule has 2 saturated heterocycles. The molecule has 2 atom stereocenters. The van der Waals surface area contributed by atoms with Crippen LogP contribution in [0.1, 0.15) is 51.5 Å². The maximum atomic E-state index is 13.2. The van der Waals surface area contributed by atoms with Gasteiger partial charge in [-0.15, -0.1) is 0 Å². The van der Waals surface area contributed by atoms with E-state index >= 15 is 0 Å². The highest BCUT2D eigenvalue weighted by Crippen LogP contribution is 2.36. The molecule has 2 heterocycles. The smallest absolute Gasteiger partial charge is 0.228 e. The van der Waals surface area contributed by atoms with Crippen LogP contribution in [0.15, 0.2) is 24.3 Å². The molecule has 2 fully saturated rings. The zero-order chi connectivity index (χ0) is 19.6. The summed E-state index contributed by atoms with van der Waals surface area (Å²) in [5.74, 6) is 1.06. The van der Waals surface area contributed by atoms with Gasteiger partial charge in [-0.1, -0.05) is 32.9 Å². The van der Waals surface area contributed by atoms with Gasteiger partial charge in [0, 0.05) is 38.5 Å². The first-order valence-electron chi connectivity index (χ1n) is 9.99. The molecule has 27 heavy (non-hydrogen) atoms. The van der Waals surface area contributed by atoms with Crippen molar-refractivity contribution in [1.29, 1.82) is 0 Å². The fourth-order valence-electron chi connectivity index (χ4n) is 4.18. The normalized spacial score (nSPS) is 23.0. The molecule has 0 aromatic heterocycles. The second-order valence-corrected chi connectivity index (χ2v) is 9.05. The quantitative estimate of drug-likeness (QED) is 0.815. The molecule has 2 amide bonds. The first-order chi connectivity index (χ1) is 12.8. The molecule has 2 aliphatic rings. The highest BCUT2D eigenvalue weighted by Gasteiger charge is 2.42. The molecule has 1 aromatic carbocycles. The molecule has 3 rings (SSSR count). The largest absolute Gasteiger partial charge is 0.497 e. The van der Waals surface area contributed by atoms with Crippen molar-refractivity contribution in [2.75, 3.05) is 33.3 Å². The van der Waals surface area contributed by atoms with Crippen LogP contribution in [-0.2, 0) is 9.59 Å². The number of ether oxygens (including phenoxy) is 1. The summed E-state index contributed by atoms with van der Waals surface area (Å²) in [7, 11) is 1.65. The van der Waals surface area contributed by atoms with Gasteiger partial charge >= 0.3 is 0 Å². The Morgan fingerprint density at radius 2 is 1.67 bits per heavy atom. The highest BCUT2D eigenvalue weighted by atomic mass is 16.5. The van der Waals surface area contributed by atoms with Crippen LogP contribution in [0.25, 0.3) is 0 Å². The summed E-state index contributed by atoms with van der Waals surface area (Å²) in [5.41, 5.74) is 1.06. The number of carbonyl (C=O) groups is 2. The number of rotatable bonds is 4. The Bertz CT molecular complexity index is 672. The Hall–Kier alpha value is -2.04. The fraction of sp³-hybridized carbons (Fsp3) is 0.636. The molecule has 5 nitrogen and oxygen atoms in total. The number of benzene rings is 1. The van der Waals surface area contributed by atoms with Crippen LogP contribution in [0.2, 0.25) is 0 Å². The second-order valence-electron chi connectivity index (χ2n) is 9.05. The van der Waals surface area contributed by atoms with Gasteiger partial charge in [0.15, 0.2) is 0 Å². The Labute approximate surface area is 162 Å². The number of carbonyl (C=O) groups excluding carboxylic acids is 2. The second kappa shape index (κ2) is 7.91. The predicted octanol–water partition coefficient (Wildman–Crippen LogP) is 3.30. The number of hydrogen-bond acceptors (Lipinski definition) is 3. The molecule has 5 heteroatoms. The van der Waals surface area contributed by atoms with Crippen LogP contribution >= 0.6 is 0 Å². The zero-order valence-electron chi connectivity index (χ0n) is 17.0. The van der Waals surface area contributed by atoms with Gasteiger partial charge in [0.05, 0.1) is 13.0 Å². The fourth-order valence-corrected chi connectivity index (χ4v) is 4.18. The maximum Gasteiger partial charge on any atom is 0.228 e. The molecule has 0 saturated carbocycles. The van der Waals surface area contributed by atoms with E-state index in [0.29, 0.717) is 19.5 Å². The van der Waals surface area contributed by atoms with Crippen molar-refractivity contribution in [3.05, 3.63) is 29.8 Å². The molecule has 0 radical (unpaired) electrons. The maximum absolute atomic E-state index is 13.2. The summed E-state index contributed by atoms with van der Waals surface area (Å²) in [5, 5.41) is 0. The Morgan fingerprint density at radius 1 is 1.04 bits per heavy atom. The van der Waals surface area contributed by atoms with E-state index in [9.17, 15) is 9.59 Å². The van der Waals surface area contributed by atoms with Gasteiger partial charge in [-0.2, -0.15) is 0 Å². The third-order valence-electron chi connectivity index (χ3n) is 5.63. The number of methoxy groups -OCH3 is 1. The number of amides is 2. The van der Waals surface area contributed by atoms with Gasteiger partial charge < -0.3 is 14.5 Å². The van der Waals surface area contributed by atoms with Crippen LogP contribution in [0.5, 0.6) is 5.75 Å². The summed E-state index contributed by atoms with van der Waals surface area (Å²) in [6.45, 7) is 9.08. The molecule has 0 spiro atoms. The lowest BCUT2D eigenvalue weighted by Crippen LogP contribution is -2.38. The van der Waals surface area contributed by atoms with E-state index in [4.69, 9.17) is 4.74 Å². The summed E-state index contributed by atoms with van der Waals surface area (Å²) in [6.07, 6.45) is 2.67. The Balaban J connectivity index is 1.82. The average Bonchev–Trinajstić information content (AvgIpc) is 3.30. The Kier molecular flexibility index (Phi) is 5.78. The third-order valence-corrected chi connectivity index (χ3v) is 5.63. The standard InChI is InChI=1S/C22H32N2O3/c1-22(2,3)13-20(25)24-14-18(16-7-9-17(27-4)10-8-16)19(15-24)21(26)23-11-5-6-12-23/h7-10,18-19H,5-6,11-15H2,1-4H3/t18-,19+/m0/s1. The van der Waals surface area contributed by atoms with E-state index in [-0.39, 0.29) is 29.1 Å². The van der Waals surface area contributed by atoms with E-state index in [2.05, 4.69) is 20.8 Å². The molecule has 0 aliphatic carbocycles. The summed E-state index contributed by atoms with van der Waals surface area (Å²) < 4.78 is 5.26. The van der Waals surface area contributed by atoms with E-state index in [1.54, 1.807) is 7.11 Å². The van der Waals surface area contributed by atoms with Crippen molar-refractivity contribution in [3.8, 4) is 5.75 Å². The van der Waals surface area contributed by atoms with Crippen LogP contribution in [-0.4, -0.2) is 54.9 Å². The molecular formula is C22H32N2O3. The predicted molar refractivity (Wildman–Crippen MR) is 106 cm³/mol. The molecule has 0 unspecified atom stereocenters. The summed E-state index contributed by atoms with van der Waals surface area (Å²) in [4.78, 5) is 29.9. The van der Waals surface area contributed by atoms with Crippen LogP contribution in [0.4, 0.5) is 0 Å². The van der Waals surface area contributed by atoms with Crippen molar-refractivity contribution < 1.29 is 14.3 Å². The number of likely N-dealkylation sites (tertiary alicyclic amines) is 2. The van der Waals surface area contributed by atoms with Crippen molar-refractivity contribution in [1.82, 2.24) is 9.80 Å². The molecule has 1 aromatic rings. The summed E-state index contributed by atoms with van der Waals surface area (Å²) in [6, 6.07) is 7.94. The van der Waals surface area contributed by atoms with Crippen molar-refractivity contribution in [3.63, 3.8) is 0 Å². The average molecular weight is 373 g/mol. The Morgan fingerprint density at radius 3 is 2.22 bits per heavy atom. The van der Waals surface area contributed by atoms with Crippen LogP contribution in [0.3, 0.4) is 0 Å². The topological polar surface area (TPSA) is 49.9 Å². The van der Waals surface area contributed by atoms with Gasteiger partial charge in [-0.05, 0) is 36.0 Å². The lowest BCUT2D eigenvalue weighted by atomic mass is 9.88. The number of nitrogens with zero attached hydrogens (tertiary/aromatic N) is 2. The van der Waals surface area contributed by atoms with Crippen molar-refractivity contribution in [2.45, 2.75) is 46.0 Å². The third kappa shape index (κ3) is 4.63. The van der Waals surface area contributed by atoms with E-state index in [0.717, 1.165) is 37.2 Å². The van der Waals surface area contributed by atoms with Gasteiger partial charge in [-0.3, -0.25) is 9.59 Å².